The van der Waals surface area contributed by atoms with Crippen molar-refractivity contribution in [1.82, 2.24) is 28.4 Å². The summed E-state index contributed by atoms with van der Waals surface area (Å²) in [5, 5.41) is 9.82. The Balaban J connectivity index is 1.24. The van der Waals surface area contributed by atoms with Crippen molar-refractivity contribution in [2.24, 2.45) is 0 Å². The zero-order valence-corrected chi connectivity index (χ0v) is 29.2. The van der Waals surface area contributed by atoms with Crippen LogP contribution in [0.2, 0.25) is 0 Å². The number of fused-ring (bicyclic) bond motifs is 2. The lowest BCUT2D eigenvalue weighted by atomic mass is 9.90. The van der Waals surface area contributed by atoms with Crippen molar-refractivity contribution in [3.8, 4) is 22.6 Å². The molecule has 6 aromatic rings. The molecule has 0 spiro atoms. The van der Waals surface area contributed by atoms with E-state index < -0.39 is 40.6 Å². The zero-order valence-electron chi connectivity index (χ0n) is 29.2. The Kier molecular flexibility index (Phi) is 9.14. The maximum atomic E-state index is 14.6. The van der Waals surface area contributed by atoms with Crippen molar-refractivity contribution in [3.05, 3.63) is 123 Å². The standard InChI is InChI=1S/C39H36F2N6O6/c1-39(2,3)53-38(52)45(21-27-20-44-19-25(40)7-14-34(44)43-27)28-8-10-29(11-9-28)47-36(50)33-17-26(41)18-42-35(33)46(37(47)51)30-6-4-5-23(15-30)32-13-12-31(49)16-24(32)22-48/h4-7,12-20,22,28-29,49H,8-11,21H2,1-3H3/t28-,29+. The predicted octanol–water partition coefficient (Wildman–Crippen LogP) is 6.58. The van der Waals surface area contributed by atoms with E-state index in [2.05, 4.69) is 9.97 Å². The normalized spacial score (nSPS) is 16.2. The van der Waals surface area contributed by atoms with E-state index in [1.165, 1.54) is 29.0 Å². The van der Waals surface area contributed by atoms with Crippen LogP contribution in [0.25, 0.3) is 33.5 Å². The molecule has 0 aliphatic heterocycles. The molecule has 1 amide bonds. The smallest absolute Gasteiger partial charge is 0.410 e. The van der Waals surface area contributed by atoms with Gasteiger partial charge < -0.3 is 14.2 Å². The number of pyridine rings is 2. The van der Waals surface area contributed by atoms with E-state index in [9.17, 15) is 33.1 Å². The average Bonchev–Trinajstić information content (AvgIpc) is 3.52. The van der Waals surface area contributed by atoms with E-state index >= 15 is 0 Å². The monoisotopic (exact) mass is 722 g/mol. The highest BCUT2D eigenvalue weighted by molar-refractivity contribution is 5.88. The van der Waals surface area contributed by atoms with E-state index in [4.69, 9.17) is 4.74 Å². The van der Waals surface area contributed by atoms with Crippen molar-refractivity contribution in [3.63, 3.8) is 0 Å². The number of rotatable bonds is 7. The first-order chi connectivity index (χ1) is 25.3. The van der Waals surface area contributed by atoms with Crippen LogP contribution in [0, 0.1) is 11.6 Å². The van der Waals surface area contributed by atoms with Crippen molar-refractivity contribution in [1.29, 1.82) is 0 Å². The third-order valence-electron chi connectivity index (χ3n) is 9.37. The number of carbonyl (C=O) groups is 2. The zero-order chi connectivity index (χ0) is 37.6. The third-order valence-corrected chi connectivity index (χ3v) is 9.37. The Morgan fingerprint density at radius 1 is 1.00 bits per heavy atom. The molecule has 0 atom stereocenters. The maximum absolute atomic E-state index is 14.6. The molecule has 12 nitrogen and oxygen atoms in total. The quantitative estimate of drug-likeness (QED) is 0.182. The first-order valence-electron chi connectivity index (χ1n) is 17.1. The minimum absolute atomic E-state index is 0.0340. The minimum atomic E-state index is -0.782. The number of imidazole rings is 1. The van der Waals surface area contributed by atoms with Crippen molar-refractivity contribution in [2.75, 3.05) is 0 Å². The van der Waals surface area contributed by atoms with Crippen LogP contribution in [0.1, 0.15) is 68.5 Å². The van der Waals surface area contributed by atoms with E-state index in [0.29, 0.717) is 60.1 Å². The van der Waals surface area contributed by atoms with Crippen LogP contribution < -0.4 is 11.2 Å². The summed E-state index contributed by atoms with van der Waals surface area (Å²) in [6.45, 7) is 5.39. The van der Waals surface area contributed by atoms with Gasteiger partial charge in [0.2, 0.25) is 0 Å². The van der Waals surface area contributed by atoms with Gasteiger partial charge in [0.1, 0.15) is 28.6 Å². The number of hydrogen-bond donors (Lipinski definition) is 1. The third kappa shape index (κ3) is 7.04. The van der Waals surface area contributed by atoms with Crippen LogP contribution in [0.3, 0.4) is 0 Å². The summed E-state index contributed by atoms with van der Waals surface area (Å²) in [5.74, 6) is -1.25. The van der Waals surface area contributed by atoms with Crippen LogP contribution in [0.5, 0.6) is 5.75 Å². The largest absolute Gasteiger partial charge is 0.508 e. The molecular weight excluding hydrogens is 686 g/mol. The second kappa shape index (κ2) is 13.7. The molecule has 0 saturated heterocycles. The number of hydrogen-bond acceptors (Lipinski definition) is 8. The highest BCUT2D eigenvalue weighted by atomic mass is 19.1. The molecule has 4 heterocycles. The van der Waals surface area contributed by atoms with Gasteiger partial charge >= 0.3 is 11.8 Å². The van der Waals surface area contributed by atoms with E-state index in [-0.39, 0.29) is 34.9 Å². The predicted molar refractivity (Wildman–Crippen MR) is 192 cm³/mol. The number of aromatic nitrogens is 5. The first-order valence-corrected chi connectivity index (χ1v) is 17.1. The summed E-state index contributed by atoms with van der Waals surface area (Å²) in [6, 6.07) is 14.1. The summed E-state index contributed by atoms with van der Waals surface area (Å²) < 4.78 is 38.2. The first kappa shape index (κ1) is 35.2. The number of amides is 1. The average molecular weight is 723 g/mol. The van der Waals surface area contributed by atoms with Crippen molar-refractivity contribution >= 4 is 29.1 Å². The van der Waals surface area contributed by atoms with Crippen LogP contribution in [0.15, 0.2) is 88.8 Å². The summed E-state index contributed by atoms with van der Waals surface area (Å²) in [5.41, 5.74) is 0.496. The number of benzene rings is 2. The fraction of sp³-hybridized carbons (Fsp3) is 0.282. The molecule has 0 unspecified atom stereocenters. The Hall–Kier alpha value is -6.18. The van der Waals surface area contributed by atoms with Gasteiger partial charge in [-0.25, -0.2) is 32.9 Å². The van der Waals surface area contributed by atoms with Crippen LogP contribution in [-0.4, -0.2) is 57.5 Å². The fourth-order valence-corrected chi connectivity index (χ4v) is 7.02. The lowest BCUT2D eigenvalue weighted by Crippen LogP contribution is -2.47. The SMILES string of the molecule is CC(C)(C)OC(=O)N(Cc1cn2cc(F)ccc2n1)[C@H]1CC[C@@H](n2c(=O)c3cc(F)cnc3n(-c3cccc(-c4ccc(O)cc4C=O)c3)c2=O)CC1. The molecule has 1 aliphatic carbocycles. The van der Waals surface area contributed by atoms with Crippen LogP contribution in [-0.2, 0) is 11.3 Å². The maximum Gasteiger partial charge on any atom is 0.410 e. The summed E-state index contributed by atoms with van der Waals surface area (Å²) in [6.07, 6.45) is 5.43. The number of carbonyl (C=O) groups excluding carboxylic acids is 2. The van der Waals surface area contributed by atoms with Gasteiger partial charge in [0.25, 0.3) is 5.56 Å². The Bertz CT molecular complexity index is 2510. The van der Waals surface area contributed by atoms with Gasteiger partial charge in [0.15, 0.2) is 11.9 Å². The molecule has 0 bridgehead atoms. The molecule has 1 N–H and O–H groups in total. The molecule has 272 valence electrons. The second-order valence-electron chi connectivity index (χ2n) is 14.2. The highest BCUT2D eigenvalue weighted by Gasteiger charge is 2.34. The van der Waals surface area contributed by atoms with Gasteiger partial charge in [-0.3, -0.25) is 19.1 Å². The highest BCUT2D eigenvalue weighted by Crippen LogP contribution is 2.33. The summed E-state index contributed by atoms with van der Waals surface area (Å²) >= 11 is 0. The van der Waals surface area contributed by atoms with Gasteiger partial charge in [-0.05, 0) is 106 Å². The Labute approximate surface area is 301 Å². The molecule has 1 saturated carbocycles. The second-order valence-corrected chi connectivity index (χ2v) is 14.2. The minimum Gasteiger partial charge on any atom is -0.508 e. The van der Waals surface area contributed by atoms with Gasteiger partial charge in [-0.1, -0.05) is 12.1 Å². The number of aldehydes is 1. The van der Waals surface area contributed by atoms with E-state index in [1.54, 1.807) is 72.7 Å². The summed E-state index contributed by atoms with van der Waals surface area (Å²) in [4.78, 5) is 64.1. The molecule has 53 heavy (non-hydrogen) atoms. The van der Waals surface area contributed by atoms with Crippen molar-refractivity contribution in [2.45, 2.75) is 70.7 Å². The van der Waals surface area contributed by atoms with Crippen LogP contribution in [0.4, 0.5) is 13.6 Å². The molecule has 4 aromatic heterocycles. The van der Waals surface area contributed by atoms with E-state index in [1.807, 2.05) is 0 Å². The molecule has 1 fully saturated rings. The number of ether oxygens (including phenoxy) is 1. The van der Waals surface area contributed by atoms with Gasteiger partial charge in [0, 0.05) is 30.0 Å². The van der Waals surface area contributed by atoms with Gasteiger partial charge in [0.05, 0.1) is 29.5 Å². The number of aromatic hydroxyl groups is 1. The van der Waals surface area contributed by atoms with Crippen molar-refractivity contribution < 1.29 is 28.2 Å². The molecule has 1 aliphatic rings. The molecule has 0 radical (unpaired) electrons. The molecular formula is C39H36F2N6O6. The number of phenols is 1. The number of halogens is 2. The molecule has 14 heteroatoms. The Morgan fingerprint density at radius 2 is 1.77 bits per heavy atom. The fourth-order valence-electron chi connectivity index (χ4n) is 7.02. The molecule has 2 aromatic carbocycles. The number of nitrogens with zero attached hydrogens (tertiary/aromatic N) is 6. The molecule has 7 rings (SSSR count). The van der Waals surface area contributed by atoms with E-state index in [0.717, 1.165) is 16.8 Å². The summed E-state index contributed by atoms with van der Waals surface area (Å²) in [7, 11) is 0. The number of phenolic OH excluding ortho intramolecular Hbond substituents is 1. The van der Waals surface area contributed by atoms with Gasteiger partial charge in [-0.15, -0.1) is 0 Å². The Morgan fingerprint density at radius 3 is 2.51 bits per heavy atom. The van der Waals surface area contributed by atoms with Gasteiger partial charge in [-0.2, -0.15) is 0 Å². The lowest BCUT2D eigenvalue weighted by Gasteiger charge is -2.37. The topological polar surface area (TPSA) is 141 Å². The van der Waals surface area contributed by atoms with Crippen LogP contribution >= 0.6 is 0 Å². The lowest BCUT2D eigenvalue weighted by molar-refractivity contribution is 0.00780.